The second-order valence-corrected chi connectivity index (χ2v) is 6.24. The number of benzene rings is 1. The molecule has 0 aliphatic carbocycles. The van der Waals surface area contributed by atoms with E-state index < -0.39 is 11.7 Å². The van der Waals surface area contributed by atoms with Gasteiger partial charge >= 0.3 is 6.18 Å². The van der Waals surface area contributed by atoms with E-state index in [0.29, 0.717) is 16.2 Å². The van der Waals surface area contributed by atoms with Crippen molar-refractivity contribution in [3.8, 4) is 0 Å². The van der Waals surface area contributed by atoms with Crippen molar-refractivity contribution in [2.75, 3.05) is 18.9 Å². The molecule has 1 aliphatic rings. The summed E-state index contributed by atoms with van der Waals surface area (Å²) in [4.78, 5) is 2.26. The van der Waals surface area contributed by atoms with Crippen molar-refractivity contribution < 1.29 is 13.2 Å². The van der Waals surface area contributed by atoms with E-state index in [1.165, 1.54) is 12.1 Å². The summed E-state index contributed by atoms with van der Waals surface area (Å²) >= 11 is 3.31. The Morgan fingerprint density at radius 2 is 2.05 bits per heavy atom. The molecule has 20 heavy (non-hydrogen) atoms. The van der Waals surface area contributed by atoms with Gasteiger partial charge in [-0.25, -0.2) is 0 Å². The molecule has 0 bridgehead atoms. The number of piperidine rings is 1. The number of alkyl halides is 3. The number of hydrogen-bond acceptors (Lipinski definition) is 2. The molecular weight excluding hydrogens is 333 g/mol. The van der Waals surface area contributed by atoms with Crippen LogP contribution in [0.4, 0.5) is 18.9 Å². The quantitative estimate of drug-likeness (QED) is 0.852. The van der Waals surface area contributed by atoms with Crippen LogP contribution in [-0.4, -0.2) is 30.6 Å². The molecule has 1 aromatic rings. The van der Waals surface area contributed by atoms with Gasteiger partial charge in [-0.2, -0.15) is 13.2 Å². The van der Waals surface area contributed by atoms with E-state index in [1.54, 1.807) is 0 Å². The van der Waals surface area contributed by atoms with Crippen molar-refractivity contribution in [1.29, 1.82) is 0 Å². The van der Waals surface area contributed by atoms with Gasteiger partial charge in [0.05, 0.1) is 5.56 Å². The number of nitrogens with one attached hydrogen (secondary N) is 1. The van der Waals surface area contributed by atoms with Crippen molar-refractivity contribution in [2.45, 2.75) is 38.0 Å². The summed E-state index contributed by atoms with van der Waals surface area (Å²) in [5, 5.41) is 3.24. The van der Waals surface area contributed by atoms with Crippen LogP contribution in [0.25, 0.3) is 0 Å². The zero-order chi connectivity index (χ0) is 14.9. The number of rotatable bonds is 2. The third kappa shape index (κ3) is 3.67. The van der Waals surface area contributed by atoms with Gasteiger partial charge in [-0.15, -0.1) is 0 Å². The molecule has 2 atom stereocenters. The van der Waals surface area contributed by atoms with Crippen molar-refractivity contribution in [2.24, 2.45) is 0 Å². The van der Waals surface area contributed by atoms with E-state index in [-0.39, 0.29) is 6.04 Å². The van der Waals surface area contributed by atoms with E-state index in [0.717, 1.165) is 25.5 Å². The molecule has 1 saturated heterocycles. The highest BCUT2D eigenvalue weighted by Crippen LogP contribution is 2.34. The largest absolute Gasteiger partial charge is 0.416 e. The Balaban J connectivity index is 2.13. The first-order valence-corrected chi connectivity index (χ1v) is 7.40. The number of anilines is 1. The van der Waals surface area contributed by atoms with Crippen molar-refractivity contribution in [3.05, 3.63) is 28.2 Å². The van der Waals surface area contributed by atoms with E-state index >= 15 is 0 Å². The minimum Gasteiger partial charge on any atom is -0.381 e. The van der Waals surface area contributed by atoms with Gasteiger partial charge in [-0.3, -0.25) is 0 Å². The summed E-state index contributed by atoms with van der Waals surface area (Å²) in [5.74, 6) is 0. The maximum Gasteiger partial charge on any atom is 0.416 e. The summed E-state index contributed by atoms with van der Waals surface area (Å²) in [6, 6.07) is 4.36. The third-order valence-electron chi connectivity index (χ3n) is 3.86. The molecule has 112 valence electrons. The smallest absolute Gasteiger partial charge is 0.381 e. The molecule has 1 N–H and O–H groups in total. The minimum atomic E-state index is -4.31. The molecule has 0 aromatic heterocycles. The molecule has 1 aliphatic heterocycles. The Morgan fingerprint density at radius 3 is 2.65 bits per heavy atom. The number of nitrogens with zero attached hydrogens (tertiary/aromatic N) is 1. The first-order valence-electron chi connectivity index (χ1n) is 6.61. The topological polar surface area (TPSA) is 15.3 Å². The van der Waals surface area contributed by atoms with Crippen LogP contribution >= 0.6 is 15.9 Å². The molecule has 1 aromatic carbocycles. The highest BCUT2D eigenvalue weighted by Gasteiger charge is 2.31. The Bertz CT molecular complexity index is 476. The standard InChI is InChI=1S/C14H18BrF3N2/c1-9-7-11(5-6-20(9)2)19-13-8-10(14(16,17)18)3-4-12(13)15/h3-4,8-9,11,19H,5-7H2,1-2H3. The Morgan fingerprint density at radius 1 is 1.35 bits per heavy atom. The van der Waals surface area contributed by atoms with Crippen LogP contribution in [0.1, 0.15) is 25.3 Å². The van der Waals surface area contributed by atoms with Crippen LogP contribution in [-0.2, 0) is 6.18 Å². The highest BCUT2D eigenvalue weighted by atomic mass is 79.9. The molecule has 2 nitrogen and oxygen atoms in total. The van der Waals surface area contributed by atoms with E-state index in [4.69, 9.17) is 0 Å². The summed E-state index contributed by atoms with van der Waals surface area (Å²) in [6.45, 7) is 3.09. The lowest BCUT2D eigenvalue weighted by Crippen LogP contribution is -2.42. The van der Waals surface area contributed by atoms with Crippen molar-refractivity contribution in [1.82, 2.24) is 4.90 Å². The monoisotopic (exact) mass is 350 g/mol. The number of likely N-dealkylation sites (tertiary alicyclic amines) is 1. The second-order valence-electron chi connectivity index (χ2n) is 5.39. The lowest BCUT2D eigenvalue weighted by molar-refractivity contribution is -0.137. The number of hydrogen-bond donors (Lipinski definition) is 1. The zero-order valence-electron chi connectivity index (χ0n) is 11.5. The SMILES string of the molecule is CC1CC(Nc2cc(C(F)(F)F)ccc2Br)CCN1C. The predicted octanol–water partition coefficient (Wildman–Crippen LogP) is 4.36. The van der Waals surface area contributed by atoms with Gasteiger partial charge in [-0.05, 0) is 60.9 Å². The average molecular weight is 351 g/mol. The van der Waals surface area contributed by atoms with Gasteiger partial charge in [0.15, 0.2) is 0 Å². The molecule has 2 unspecified atom stereocenters. The van der Waals surface area contributed by atoms with Gasteiger partial charge in [-0.1, -0.05) is 0 Å². The summed E-state index contributed by atoms with van der Waals surface area (Å²) in [5.41, 5.74) is -0.106. The first kappa shape index (κ1) is 15.6. The fourth-order valence-electron chi connectivity index (χ4n) is 2.45. The normalized spacial score (nSPS) is 24.7. The predicted molar refractivity (Wildman–Crippen MR) is 77.9 cm³/mol. The lowest BCUT2D eigenvalue weighted by Gasteiger charge is -2.36. The maximum absolute atomic E-state index is 12.7. The van der Waals surface area contributed by atoms with Gasteiger partial charge in [0.25, 0.3) is 0 Å². The molecule has 2 rings (SSSR count). The summed E-state index contributed by atoms with van der Waals surface area (Å²) < 4.78 is 38.9. The van der Waals surface area contributed by atoms with Gasteiger partial charge in [0.1, 0.15) is 0 Å². The van der Waals surface area contributed by atoms with E-state index in [2.05, 4.69) is 40.1 Å². The molecule has 1 heterocycles. The molecule has 6 heteroatoms. The zero-order valence-corrected chi connectivity index (χ0v) is 13.1. The van der Waals surface area contributed by atoms with Crippen LogP contribution in [0.5, 0.6) is 0 Å². The Hall–Kier alpha value is -0.750. The minimum absolute atomic E-state index is 0.209. The lowest BCUT2D eigenvalue weighted by atomic mass is 9.98. The molecule has 0 amide bonds. The molecule has 0 spiro atoms. The van der Waals surface area contributed by atoms with Crippen LogP contribution in [0.3, 0.4) is 0 Å². The van der Waals surface area contributed by atoms with Crippen LogP contribution in [0.2, 0.25) is 0 Å². The van der Waals surface area contributed by atoms with Crippen molar-refractivity contribution >= 4 is 21.6 Å². The molecule has 0 radical (unpaired) electrons. The van der Waals surface area contributed by atoms with Gasteiger partial charge in [0, 0.05) is 28.8 Å². The molecule has 1 fully saturated rings. The maximum atomic E-state index is 12.7. The van der Waals surface area contributed by atoms with Crippen LogP contribution in [0, 0.1) is 0 Å². The Labute approximate surface area is 125 Å². The summed E-state index contributed by atoms with van der Waals surface area (Å²) in [7, 11) is 2.07. The first-order chi connectivity index (χ1) is 9.27. The van der Waals surface area contributed by atoms with E-state index in [9.17, 15) is 13.2 Å². The fraction of sp³-hybridized carbons (Fsp3) is 0.571. The van der Waals surface area contributed by atoms with E-state index in [1.807, 2.05) is 0 Å². The third-order valence-corrected chi connectivity index (χ3v) is 4.55. The second kappa shape index (κ2) is 5.93. The van der Waals surface area contributed by atoms with Gasteiger partial charge < -0.3 is 10.2 Å². The van der Waals surface area contributed by atoms with Crippen LogP contribution in [0.15, 0.2) is 22.7 Å². The fourth-order valence-corrected chi connectivity index (χ4v) is 2.81. The van der Waals surface area contributed by atoms with Crippen LogP contribution < -0.4 is 5.32 Å². The molecular formula is C14H18BrF3N2. The summed E-state index contributed by atoms with van der Waals surface area (Å²) in [6.07, 6.45) is -2.44. The average Bonchev–Trinajstić information content (AvgIpc) is 2.35. The van der Waals surface area contributed by atoms with Gasteiger partial charge in [0.2, 0.25) is 0 Å². The highest BCUT2D eigenvalue weighted by molar-refractivity contribution is 9.10. The number of halogens is 4. The van der Waals surface area contributed by atoms with Crippen molar-refractivity contribution in [3.63, 3.8) is 0 Å². The Kier molecular flexibility index (Phi) is 4.64. The molecule has 0 saturated carbocycles.